The van der Waals surface area contributed by atoms with Crippen LogP contribution in [0.25, 0.3) is 0 Å². The van der Waals surface area contributed by atoms with Crippen LogP contribution in [0.15, 0.2) is 24.3 Å². The summed E-state index contributed by atoms with van der Waals surface area (Å²) in [5.74, 6) is 0.311. The summed E-state index contributed by atoms with van der Waals surface area (Å²) >= 11 is 0. The Morgan fingerprint density at radius 3 is 2.67 bits per heavy atom. The van der Waals surface area contributed by atoms with Gasteiger partial charge in [0.15, 0.2) is 0 Å². The largest absolute Gasteiger partial charge is 0.326 e. The van der Waals surface area contributed by atoms with Gasteiger partial charge in [-0.1, -0.05) is 0 Å². The minimum Gasteiger partial charge on any atom is -0.326 e. The van der Waals surface area contributed by atoms with Gasteiger partial charge in [0.05, 0.1) is 5.92 Å². The normalized spacial score (nSPS) is 22.4. The molecule has 5 heteroatoms. The van der Waals surface area contributed by atoms with Crippen LogP contribution < -0.4 is 15.5 Å². The van der Waals surface area contributed by atoms with Crippen LogP contribution in [-0.4, -0.2) is 31.4 Å². The van der Waals surface area contributed by atoms with E-state index in [1.807, 2.05) is 24.3 Å². The quantitative estimate of drug-likeness (QED) is 0.890. The number of anilines is 2. The molecule has 0 unspecified atom stereocenters. The maximum absolute atomic E-state index is 12.1. The fraction of sp³-hybridized carbons (Fsp3) is 0.500. The summed E-state index contributed by atoms with van der Waals surface area (Å²) in [6.45, 7) is 2.55. The standard InChI is InChI=1S/C16H21N3O2/c20-15-4-2-10-19(15)14-7-5-13(6-8-14)18-16(21)12-3-1-9-17-11-12/h5-8,12,17H,1-4,9-11H2,(H,18,21)/t12-/m0/s1. The highest BCUT2D eigenvalue weighted by molar-refractivity contribution is 5.96. The van der Waals surface area contributed by atoms with Crippen LogP contribution in [0.4, 0.5) is 11.4 Å². The van der Waals surface area contributed by atoms with Crippen molar-refractivity contribution < 1.29 is 9.59 Å². The first-order valence-electron chi connectivity index (χ1n) is 7.66. The number of hydrogen-bond donors (Lipinski definition) is 2. The van der Waals surface area contributed by atoms with Crippen LogP contribution in [0.3, 0.4) is 0 Å². The SMILES string of the molecule is O=C(Nc1ccc(N2CCCC2=O)cc1)[C@H]1CCCNC1. The van der Waals surface area contributed by atoms with Gasteiger partial charge in [-0.25, -0.2) is 0 Å². The van der Waals surface area contributed by atoms with Crippen molar-refractivity contribution in [2.24, 2.45) is 5.92 Å². The summed E-state index contributed by atoms with van der Waals surface area (Å²) in [4.78, 5) is 25.6. The monoisotopic (exact) mass is 287 g/mol. The highest BCUT2D eigenvalue weighted by Gasteiger charge is 2.22. The summed E-state index contributed by atoms with van der Waals surface area (Å²) in [6.07, 6.45) is 3.55. The first-order valence-corrected chi connectivity index (χ1v) is 7.66. The van der Waals surface area contributed by atoms with Crippen molar-refractivity contribution >= 4 is 23.2 Å². The third-order valence-corrected chi connectivity index (χ3v) is 4.19. The molecule has 3 rings (SSSR count). The summed E-state index contributed by atoms with van der Waals surface area (Å²) in [5.41, 5.74) is 1.70. The second-order valence-electron chi connectivity index (χ2n) is 5.73. The Morgan fingerprint density at radius 2 is 2.05 bits per heavy atom. The van der Waals surface area contributed by atoms with Crippen molar-refractivity contribution in [2.45, 2.75) is 25.7 Å². The van der Waals surface area contributed by atoms with Gasteiger partial charge < -0.3 is 15.5 Å². The lowest BCUT2D eigenvalue weighted by molar-refractivity contribution is -0.120. The Morgan fingerprint density at radius 1 is 1.24 bits per heavy atom. The molecule has 0 aliphatic carbocycles. The molecule has 1 atom stereocenters. The van der Waals surface area contributed by atoms with Gasteiger partial charge >= 0.3 is 0 Å². The van der Waals surface area contributed by atoms with Crippen LogP contribution in [0.2, 0.25) is 0 Å². The highest BCUT2D eigenvalue weighted by atomic mass is 16.2. The first kappa shape index (κ1) is 14.1. The smallest absolute Gasteiger partial charge is 0.228 e. The van der Waals surface area contributed by atoms with Crippen LogP contribution in [-0.2, 0) is 9.59 Å². The van der Waals surface area contributed by atoms with Gasteiger partial charge in [0, 0.05) is 30.9 Å². The Bertz CT molecular complexity index is 521. The van der Waals surface area contributed by atoms with E-state index in [1.54, 1.807) is 4.90 Å². The second-order valence-corrected chi connectivity index (χ2v) is 5.73. The number of benzene rings is 1. The molecule has 0 saturated carbocycles. The van der Waals surface area contributed by atoms with E-state index in [2.05, 4.69) is 10.6 Å². The number of nitrogens with zero attached hydrogens (tertiary/aromatic N) is 1. The lowest BCUT2D eigenvalue weighted by atomic mass is 9.99. The van der Waals surface area contributed by atoms with Gasteiger partial charge in [-0.15, -0.1) is 0 Å². The third kappa shape index (κ3) is 3.24. The lowest BCUT2D eigenvalue weighted by Gasteiger charge is -2.22. The van der Waals surface area contributed by atoms with E-state index in [0.29, 0.717) is 6.42 Å². The predicted molar refractivity (Wildman–Crippen MR) is 82.3 cm³/mol. The number of hydrogen-bond acceptors (Lipinski definition) is 3. The molecule has 0 bridgehead atoms. The molecule has 0 radical (unpaired) electrons. The summed E-state index contributed by atoms with van der Waals surface area (Å²) in [7, 11) is 0. The molecule has 2 fully saturated rings. The van der Waals surface area contributed by atoms with E-state index < -0.39 is 0 Å². The first-order chi connectivity index (χ1) is 10.2. The van der Waals surface area contributed by atoms with E-state index in [-0.39, 0.29) is 17.7 Å². The minimum absolute atomic E-state index is 0.0542. The third-order valence-electron chi connectivity index (χ3n) is 4.19. The second kappa shape index (κ2) is 6.26. The highest BCUT2D eigenvalue weighted by Crippen LogP contribution is 2.23. The van der Waals surface area contributed by atoms with Gasteiger partial charge in [-0.05, 0) is 50.1 Å². The van der Waals surface area contributed by atoms with E-state index in [1.165, 1.54) is 0 Å². The molecule has 2 saturated heterocycles. The van der Waals surface area contributed by atoms with Crippen molar-refractivity contribution in [1.29, 1.82) is 0 Å². The zero-order valence-electron chi connectivity index (χ0n) is 12.1. The summed E-state index contributed by atoms with van der Waals surface area (Å²) in [6, 6.07) is 7.54. The molecule has 2 aliphatic heterocycles. The van der Waals surface area contributed by atoms with Crippen LogP contribution >= 0.6 is 0 Å². The van der Waals surface area contributed by atoms with E-state index in [9.17, 15) is 9.59 Å². The zero-order chi connectivity index (χ0) is 14.7. The van der Waals surface area contributed by atoms with Crippen LogP contribution in [0.5, 0.6) is 0 Å². The molecule has 1 aromatic rings. The van der Waals surface area contributed by atoms with E-state index in [4.69, 9.17) is 0 Å². The average Bonchev–Trinajstić information content (AvgIpc) is 2.95. The van der Waals surface area contributed by atoms with E-state index >= 15 is 0 Å². The fourth-order valence-corrected chi connectivity index (χ4v) is 2.97. The van der Waals surface area contributed by atoms with Gasteiger partial charge in [0.1, 0.15) is 0 Å². The predicted octanol–water partition coefficient (Wildman–Crippen LogP) is 1.75. The molecule has 1 aromatic carbocycles. The molecule has 0 aromatic heterocycles. The van der Waals surface area contributed by atoms with Crippen molar-refractivity contribution in [3.05, 3.63) is 24.3 Å². The van der Waals surface area contributed by atoms with Gasteiger partial charge in [-0.2, -0.15) is 0 Å². The molecule has 2 N–H and O–H groups in total. The number of carbonyl (C=O) groups excluding carboxylic acids is 2. The Hall–Kier alpha value is -1.88. The van der Waals surface area contributed by atoms with Crippen molar-refractivity contribution in [1.82, 2.24) is 5.32 Å². The number of nitrogens with one attached hydrogen (secondary N) is 2. The van der Waals surface area contributed by atoms with Crippen molar-refractivity contribution in [3.63, 3.8) is 0 Å². The van der Waals surface area contributed by atoms with Crippen LogP contribution in [0.1, 0.15) is 25.7 Å². The number of amides is 2. The maximum atomic E-state index is 12.1. The number of piperidine rings is 1. The Kier molecular flexibility index (Phi) is 4.20. The summed E-state index contributed by atoms with van der Waals surface area (Å²) in [5, 5.41) is 6.21. The summed E-state index contributed by atoms with van der Waals surface area (Å²) < 4.78 is 0. The molecule has 112 valence electrons. The van der Waals surface area contributed by atoms with Gasteiger partial charge in [0.2, 0.25) is 11.8 Å². The molecule has 2 amide bonds. The number of carbonyl (C=O) groups is 2. The molecule has 21 heavy (non-hydrogen) atoms. The van der Waals surface area contributed by atoms with Crippen LogP contribution in [0, 0.1) is 5.92 Å². The molecular weight excluding hydrogens is 266 g/mol. The topological polar surface area (TPSA) is 61.4 Å². The van der Waals surface area contributed by atoms with Gasteiger partial charge in [-0.3, -0.25) is 9.59 Å². The minimum atomic E-state index is 0.0542. The Balaban J connectivity index is 1.61. The van der Waals surface area contributed by atoms with Crippen molar-refractivity contribution in [3.8, 4) is 0 Å². The Labute approximate surface area is 124 Å². The molecule has 2 heterocycles. The molecule has 5 nitrogen and oxygen atoms in total. The van der Waals surface area contributed by atoms with Crippen molar-refractivity contribution in [2.75, 3.05) is 29.9 Å². The maximum Gasteiger partial charge on any atom is 0.228 e. The number of rotatable bonds is 3. The van der Waals surface area contributed by atoms with E-state index in [0.717, 1.165) is 50.3 Å². The molecular formula is C16H21N3O2. The lowest BCUT2D eigenvalue weighted by Crippen LogP contribution is -2.37. The molecule has 2 aliphatic rings. The zero-order valence-corrected chi connectivity index (χ0v) is 12.1. The average molecular weight is 287 g/mol. The fourth-order valence-electron chi connectivity index (χ4n) is 2.97. The molecule has 0 spiro atoms. The van der Waals surface area contributed by atoms with Gasteiger partial charge in [0.25, 0.3) is 0 Å².